The molecule has 1 N–H and O–H groups in total. The first-order valence-corrected chi connectivity index (χ1v) is 7.49. The van der Waals surface area contributed by atoms with Gasteiger partial charge in [0.2, 0.25) is 0 Å². The van der Waals surface area contributed by atoms with Gasteiger partial charge in [0.05, 0.1) is 7.05 Å². The Balaban J connectivity index is 0.00000242. The Labute approximate surface area is 139 Å². The monoisotopic (exact) mass is 455 g/mol. The van der Waals surface area contributed by atoms with Crippen LogP contribution in [0.2, 0.25) is 0 Å². The molecule has 0 spiro atoms. The second kappa shape index (κ2) is 5.08. The van der Waals surface area contributed by atoms with Crippen molar-refractivity contribution in [2.24, 2.45) is 7.05 Å². The van der Waals surface area contributed by atoms with E-state index in [1.165, 1.54) is 12.5 Å². The molecule has 0 unspecified atom stereocenters. The van der Waals surface area contributed by atoms with Gasteiger partial charge in [0.25, 0.3) is 6.33 Å². The Hall–Kier alpha value is -1.37. The molecule has 2 aromatic rings. The van der Waals surface area contributed by atoms with E-state index in [4.69, 9.17) is 0 Å². The van der Waals surface area contributed by atoms with Crippen LogP contribution in [-0.4, -0.2) is 10.6 Å². The van der Waals surface area contributed by atoms with E-state index in [2.05, 4.69) is 5.32 Å². The molecule has 22 heavy (non-hydrogen) atoms. The summed E-state index contributed by atoms with van der Waals surface area (Å²) in [5.41, 5.74) is -0.0260. The quantitative estimate of drug-likeness (QED) is 0.411. The van der Waals surface area contributed by atoms with E-state index in [-0.39, 0.29) is 41.8 Å². The molecule has 0 atom stereocenters. The first kappa shape index (κ1) is 18.7. The summed E-state index contributed by atoms with van der Waals surface area (Å²) in [6.07, 6.45) is 4.44. The van der Waals surface area contributed by atoms with Gasteiger partial charge in [-0.1, -0.05) is 19.4 Å². The standard InChI is InChI=1S/C11H10F5N3OS.HI/c1-18-6-7-19(8-18)11(20)17-9-2-4-10(5-3-9)21(12,13,14,15)16;/h2-8H,1H3;1H. The van der Waals surface area contributed by atoms with Crippen molar-refractivity contribution in [2.75, 3.05) is 5.32 Å². The van der Waals surface area contributed by atoms with Crippen LogP contribution in [0, 0.1) is 0 Å². The lowest BCUT2D eigenvalue weighted by Crippen LogP contribution is -3.00. The SMILES string of the molecule is C[n+]1ccn(C(=O)Nc2ccc(S(F)(F)(F)(F)F)cc2)c1.[I-]. The summed E-state index contributed by atoms with van der Waals surface area (Å²) in [4.78, 5) is 9.71. The molecular formula is C11H11F5IN3OS. The molecule has 0 radical (unpaired) electrons. The molecule has 1 aromatic carbocycles. The number of carbonyl (C=O) groups excluding carboxylic acids is 1. The number of anilines is 1. The second-order valence-corrected chi connectivity index (χ2v) is 6.82. The summed E-state index contributed by atoms with van der Waals surface area (Å²) in [5.74, 6) is 0. The van der Waals surface area contributed by atoms with Crippen molar-refractivity contribution in [1.29, 1.82) is 0 Å². The van der Waals surface area contributed by atoms with Crippen LogP contribution in [0.1, 0.15) is 0 Å². The molecule has 0 aliphatic rings. The number of imidazole rings is 1. The largest absolute Gasteiger partial charge is 1.00 e. The van der Waals surface area contributed by atoms with Crippen LogP contribution in [0.5, 0.6) is 0 Å². The predicted octanol–water partition coefficient (Wildman–Crippen LogP) is 1.05. The fraction of sp³-hybridized carbons (Fsp3) is 0.0909. The van der Waals surface area contributed by atoms with Gasteiger partial charge < -0.3 is 24.0 Å². The molecule has 1 amide bonds. The lowest BCUT2D eigenvalue weighted by Gasteiger charge is -2.40. The van der Waals surface area contributed by atoms with Crippen molar-refractivity contribution in [3.05, 3.63) is 43.0 Å². The van der Waals surface area contributed by atoms with Crippen LogP contribution in [0.4, 0.5) is 29.9 Å². The zero-order valence-electron chi connectivity index (χ0n) is 11.0. The van der Waals surface area contributed by atoms with Crippen molar-refractivity contribution < 1.29 is 52.8 Å². The first-order valence-electron chi connectivity index (χ1n) is 5.54. The Morgan fingerprint density at radius 2 is 1.68 bits per heavy atom. The van der Waals surface area contributed by atoms with Gasteiger partial charge in [0.1, 0.15) is 17.3 Å². The molecule has 1 heterocycles. The van der Waals surface area contributed by atoms with E-state index in [9.17, 15) is 24.2 Å². The van der Waals surface area contributed by atoms with Crippen LogP contribution < -0.4 is 33.9 Å². The van der Waals surface area contributed by atoms with E-state index < -0.39 is 21.2 Å². The van der Waals surface area contributed by atoms with Gasteiger partial charge in [0, 0.05) is 5.69 Å². The van der Waals surface area contributed by atoms with Crippen molar-refractivity contribution in [2.45, 2.75) is 4.90 Å². The number of hydrogen-bond acceptors (Lipinski definition) is 1. The molecule has 0 aliphatic carbocycles. The van der Waals surface area contributed by atoms with Gasteiger partial charge in [-0.2, -0.15) is 4.57 Å². The van der Waals surface area contributed by atoms with Crippen LogP contribution >= 0.6 is 10.2 Å². The highest BCUT2D eigenvalue weighted by Crippen LogP contribution is 3.02. The van der Waals surface area contributed by atoms with Crippen LogP contribution in [0.15, 0.2) is 47.9 Å². The third kappa shape index (κ3) is 4.56. The van der Waals surface area contributed by atoms with E-state index in [1.807, 2.05) is 0 Å². The normalized spacial score (nSPS) is 14.5. The van der Waals surface area contributed by atoms with Gasteiger partial charge in [-0.05, 0) is 24.3 Å². The number of nitrogens with zero attached hydrogens (tertiary/aromatic N) is 2. The zero-order valence-corrected chi connectivity index (χ0v) is 14.0. The lowest BCUT2D eigenvalue weighted by atomic mass is 10.3. The highest BCUT2D eigenvalue weighted by atomic mass is 127. The van der Waals surface area contributed by atoms with Gasteiger partial charge >= 0.3 is 16.3 Å². The molecule has 1 aromatic heterocycles. The summed E-state index contributed by atoms with van der Waals surface area (Å²) >= 11 is 0. The Morgan fingerprint density at radius 1 is 1.14 bits per heavy atom. The number of hydrogen-bond donors (Lipinski definition) is 1. The van der Waals surface area contributed by atoms with E-state index in [0.29, 0.717) is 0 Å². The number of carbonyl (C=O) groups is 1. The number of amides is 1. The Kier molecular flexibility index (Phi) is 4.31. The third-order valence-electron chi connectivity index (χ3n) is 2.55. The van der Waals surface area contributed by atoms with Gasteiger partial charge in [0.15, 0.2) is 0 Å². The summed E-state index contributed by atoms with van der Waals surface area (Å²) < 4.78 is 65.3. The van der Waals surface area contributed by atoms with Gasteiger partial charge in [-0.25, -0.2) is 9.36 Å². The average molecular weight is 455 g/mol. The van der Waals surface area contributed by atoms with Crippen molar-refractivity contribution in [1.82, 2.24) is 4.57 Å². The third-order valence-corrected chi connectivity index (χ3v) is 3.72. The highest BCUT2D eigenvalue weighted by Gasteiger charge is 2.65. The number of aromatic nitrogens is 2. The van der Waals surface area contributed by atoms with Gasteiger partial charge in [-0.3, -0.25) is 5.32 Å². The molecule has 4 nitrogen and oxygen atoms in total. The van der Waals surface area contributed by atoms with E-state index in [0.717, 1.165) is 16.7 Å². The first-order chi connectivity index (χ1) is 9.35. The minimum Gasteiger partial charge on any atom is -1.00 e. The summed E-state index contributed by atoms with van der Waals surface area (Å²) in [6.45, 7) is 0. The molecule has 11 heteroatoms. The Morgan fingerprint density at radius 3 is 2.09 bits per heavy atom. The molecule has 0 fully saturated rings. The topological polar surface area (TPSA) is 37.9 Å². The van der Waals surface area contributed by atoms with Crippen molar-refractivity contribution >= 4 is 21.9 Å². The second-order valence-electron chi connectivity index (χ2n) is 4.41. The molecular weight excluding hydrogens is 444 g/mol. The maximum Gasteiger partial charge on any atom is 0.417 e. The minimum absolute atomic E-state index is 0. The van der Waals surface area contributed by atoms with E-state index in [1.54, 1.807) is 17.8 Å². The number of halogens is 6. The summed E-state index contributed by atoms with van der Waals surface area (Å²) in [7, 11) is -8.01. The van der Waals surface area contributed by atoms with Gasteiger partial charge in [-0.15, -0.1) is 0 Å². The molecule has 0 aliphatic heterocycles. The van der Waals surface area contributed by atoms with Crippen molar-refractivity contribution in [3.8, 4) is 0 Å². The zero-order chi connectivity index (χ0) is 16.0. The smallest absolute Gasteiger partial charge is 0.417 e. The number of benzene rings is 1. The fourth-order valence-corrected chi connectivity index (χ4v) is 2.20. The van der Waals surface area contributed by atoms with Crippen LogP contribution in [0.3, 0.4) is 0 Å². The number of aryl methyl sites for hydroxylation is 1. The molecule has 0 bridgehead atoms. The molecule has 0 saturated carbocycles. The average Bonchev–Trinajstić information content (AvgIpc) is 2.73. The van der Waals surface area contributed by atoms with Crippen molar-refractivity contribution in [3.63, 3.8) is 0 Å². The number of rotatable bonds is 2. The summed E-state index contributed by atoms with van der Waals surface area (Å²) in [5, 5.41) is 2.29. The fourth-order valence-electron chi connectivity index (χ4n) is 1.55. The van der Waals surface area contributed by atoms with E-state index >= 15 is 0 Å². The van der Waals surface area contributed by atoms with Crippen LogP contribution in [-0.2, 0) is 7.05 Å². The summed E-state index contributed by atoms with van der Waals surface area (Å²) in [6, 6.07) is 1.40. The highest BCUT2D eigenvalue weighted by molar-refractivity contribution is 8.45. The molecule has 124 valence electrons. The van der Waals surface area contributed by atoms with Crippen LogP contribution in [0.25, 0.3) is 0 Å². The maximum absolute atomic E-state index is 12.5. The number of nitrogens with one attached hydrogen (secondary N) is 1. The molecule has 2 rings (SSSR count). The maximum atomic E-state index is 12.5. The Bertz CT molecular complexity index is 699. The predicted molar refractivity (Wildman–Crippen MR) is 67.9 cm³/mol. The minimum atomic E-state index is -9.68. The molecule has 0 saturated heterocycles. The lowest BCUT2D eigenvalue weighted by molar-refractivity contribution is -0.670.